The number of nitrogens with one attached hydrogen (secondary N) is 2. The number of ether oxygens (including phenoxy) is 1. The van der Waals surface area contributed by atoms with Crippen molar-refractivity contribution in [1.82, 2.24) is 9.97 Å². The van der Waals surface area contributed by atoms with Crippen LogP contribution in [0.25, 0.3) is 0 Å². The van der Waals surface area contributed by atoms with Crippen LogP contribution in [0.5, 0.6) is 5.75 Å². The number of hydrogen-bond acceptors (Lipinski definition) is 5. The first kappa shape index (κ1) is 16.7. The third kappa shape index (κ3) is 4.45. The van der Waals surface area contributed by atoms with E-state index in [4.69, 9.17) is 16.3 Å². The van der Waals surface area contributed by atoms with E-state index < -0.39 is 0 Å². The Hall–Kier alpha value is -3.12. The zero-order chi connectivity index (χ0) is 17.6. The molecule has 0 saturated heterocycles. The summed E-state index contributed by atoms with van der Waals surface area (Å²) in [6.07, 6.45) is 2.91. The molecule has 2 aromatic carbocycles. The molecule has 0 aliphatic carbocycles. The van der Waals surface area contributed by atoms with Crippen molar-refractivity contribution in [2.75, 3.05) is 17.7 Å². The third-order valence-electron chi connectivity index (χ3n) is 3.35. The molecule has 7 heteroatoms. The largest absolute Gasteiger partial charge is 0.497 e. The van der Waals surface area contributed by atoms with Crippen molar-refractivity contribution in [2.24, 2.45) is 0 Å². The monoisotopic (exact) mass is 354 g/mol. The fourth-order valence-corrected chi connectivity index (χ4v) is 2.19. The molecule has 0 spiro atoms. The Kier molecular flexibility index (Phi) is 5.11. The van der Waals surface area contributed by atoms with Crippen molar-refractivity contribution < 1.29 is 9.53 Å². The van der Waals surface area contributed by atoms with Gasteiger partial charge in [-0.3, -0.25) is 4.79 Å². The molecule has 0 fully saturated rings. The number of halogens is 1. The lowest BCUT2D eigenvalue weighted by molar-refractivity contribution is 0.102. The molecular weight excluding hydrogens is 340 g/mol. The van der Waals surface area contributed by atoms with Crippen LogP contribution in [-0.4, -0.2) is 23.0 Å². The van der Waals surface area contributed by atoms with Crippen LogP contribution in [0.3, 0.4) is 0 Å². The van der Waals surface area contributed by atoms with E-state index in [0.29, 0.717) is 16.5 Å². The topological polar surface area (TPSA) is 76.1 Å². The molecule has 25 heavy (non-hydrogen) atoms. The average molecular weight is 355 g/mol. The summed E-state index contributed by atoms with van der Waals surface area (Å²) >= 11 is 5.82. The quantitative estimate of drug-likeness (QED) is 0.720. The Bertz CT molecular complexity index is 850. The van der Waals surface area contributed by atoms with Gasteiger partial charge in [-0.15, -0.1) is 0 Å². The van der Waals surface area contributed by atoms with Crippen molar-refractivity contribution in [2.45, 2.75) is 0 Å². The van der Waals surface area contributed by atoms with Crippen LogP contribution in [0.4, 0.5) is 17.2 Å². The summed E-state index contributed by atoms with van der Waals surface area (Å²) in [7, 11) is 1.61. The van der Waals surface area contributed by atoms with Gasteiger partial charge in [-0.1, -0.05) is 11.6 Å². The Morgan fingerprint density at radius 3 is 2.24 bits per heavy atom. The van der Waals surface area contributed by atoms with Gasteiger partial charge in [-0.05, 0) is 48.5 Å². The minimum absolute atomic E-state index is 0.218. The van der Waals surface area contributed by atoms with Crippen molar-refractivity contribution in [3.8, 4) is 5.75 Å². The molecule has 0 bridgehead atoms. The van der Waals surface area contributed by atoms with Crippen molar-refractivity contribution >= 4 is 34.7 Å². The molecule has 0 aliphatic rings. The van der Waals surface area contributed by atoms with Gasteiger partial charge in [-0.25, -0.2) is 9.97 Å². The van der Waals surface area contributed by atoms with Gasteiger partial charge in [0.05, 0.1) is 19.5 Å². The van der Waals surface area contributed by atoms with E-state index in [1.54, 1.807) is 31.4 Å². The highest BCUT2D eigenvalue weighted by molar-refractivity contribution is 6.30. The Balaban J connectivity index is 1.64. The van der Waals surface area contributed by atoms with Crippen molar-refractivity contribution in [3.05, 3.63) is 71.6 Å². The summed E-state index contributed by atoms with van der Waals surface area (Å²) < 4.78 is 5.11. The van der Waals surface area contributed by atoms with Crippen LogP contribution in [0.15, 0.2) is 60.9 Å². The van der Waals surface area contributed by atoms with E-state index >= 15 is 0 Å². The predicted molar refractivity (Wildman–Crippen MR) is 97.7 cm³/mol. The second-order valence-corrected chi connectivity index (χ2v) is 5.54. The number of benzene rings is 2. The van der Waals surface area contributed by atoms with Crippen molar-refractivity contribution in [3.63, 3.8) is 0 Å². The number of amides is 1. The van der Waals surface area contributed by atoms with Gasteiger partial charge in [0.1, 0.15) is 17.3 Å². The molecule has 0 atom stereocenters. The maximum Gasteiger partial charge on any atom is 0.275 e. The van der Waals surface area contributed by atoms with Crippen LogP contribution >= 0.6 is 11.6 Å². The van der Waals surface area contributed by atoms with Gasteiger partial charge in [0.25, 0.3) is 5.91 Å². The molecule has 0 unspecified atom stereocenters. The maximum absolute atomic E-state index is 12.2. The van der Waals surface area contributed by atoms with Crippen LogP contribution in [0, 0.1) is 0 Å². The Morgan fingerprint density at radius 1 is 0.960 bits per heavy atom. The fourth-order valence-electron chi connectivity index (χ4n) is 2.06. The second-order valence-electron chi connectivity index (χ2n) is 5.10. The summed E-state index contributed by atoms with van der Waals surface area (Å²) in [4.78, 5) is 20.5. The lowest BCUT2D eigenvalue weighted by Crippen LogP contribution is -2.14. The average Bonchev–Trinajstić information content (AvgIpc) is 2.65. The molecular formula is C18H15ClN4O2. The van der Waals surface area contributed by atoms with E-state index in [-0.39, 0.29) is 11.6 Å². The molecule has 0 aliphatic heterocycles. The summed E-state index contributed by atoms with van der Waals surface area (Å²) in [5.41, 5.74) is 1.69. The minimum Gasteiger partial charge on any atom is -0.497 e. The number of anilines is 3. The fraction of sp³-hybridized carbons (Fsp3) is 0.0556. The highest BCUT2D eigenvalue weighted by Gasteiger charge is 2.08. The van der Waals surface area contributed by atoms with Crippen LogP contribution in [-0.2, 0) is 0 Å². The lowest BCUT2D eigenvalue weighted by Gasteiger charge is -2.07. The zero-order valence-corrected chi connectivity index (χ0v) is 14.1. The summed E-state index contributed by atoms with van der Waals surface area (Å²) in [5.74, 6) is 0.963. The lowest BCUT2D eigenvalue weighted by atomic mass is 10.3. The smallest absolute Gasteiger partial charge is 0.275 e. The first-order valence-electron chi connectivity index (χ1n) is 7.44. The third-order valence-corrected chi connectivity index (χ3v) is 3.60. The molecule has 6 nitrogen and oxygen atoms in total. The molecule has 0 radical (unpaired) electrons. The number of carbonyl (C=O) groups excluding carboxylic acids is 1. The van der Waals surface area contributed by atoms with E-state index in [2.05, 4.69) is 20.6 Å². The van der Waals surface area contributed by atoms with Crippen molar-refractivity contribution in [1.29, 1.82) is 0 Å². The molecule has 0 saturated carbocycles. The highest BCUT2D eigenvalue weighted by Crippen LogP contribution is 2.18. The van der Waals surface area contributed by atoms with Gasteiger partial charge >= 0.3 is 0 Å². The molecule has 2 N–H and O–H groups in total. The van der Waals surface area contributed by atoms with Gasteiger partial charge < -0.3 is 15.4 Å². The van der Waals surface area contributed by atoms with Crippen LogP contribution in [0.1, 0.15) is 10.5 Å². The first-order chi connectivity index (χ1) is 12.1. The second kappa shape index (κ2) is 7.63. The number of methoxy groups -OCH3 is 1. The Labute approximate surface area is 149 Å². The van der Waals surface area contributed by atoms with Crippen LogP contribution < -0.4 is 15.4 Å². The predicted octanol–water partition coefficient (Wildman–Crippen LogP) is 4.13. The highest BCUT2D eigenvalue weighted by atomic mass is 35.5. The molecule has 1 aromatic heterocycles. The number of aromatic nitrogens is 2. The zero-order valence-electron chi connectivity index (χ0n) is 13.4. The van der Waals surface area contributed by atoms with E-state index in [0.717, 1.165) is 11.4 Å². The maximum atomic E-state index is 12.2. The van der Waals surface area contributed by atoms with E-state index in [1.165, 1.54) is 12.4 Å². The summed E-state index contributed by atoms with van der Waals surface area (Å²) in [5, 5.41) is 6.44. The summed E-state index contributed by atoms with van der Waals surface area (Å²) in [6, 6.07) is 14.2. The van der Waals surface area contributed by atoms with E-state index in [1.807, 2.05) is 24.3 Å². The van der Waals surface area contributed by atoms with Gasteiger partial charge in [-0.2, -0.15) is 0 Å². The first-order valence-corrected chi connectivity index (χ1v) is 7.82. The standard InChI is InChI=1S/C18H15ClN4O2/c1-25-15-8-6-13(7-9-15)22-17-11-20-16(10-21-17)18(24)23-14-4-2-12(19)3-5-14/h2-11H,1H3,(H,21,22)(H,23,24). The number of hydrogen-bond donors (Lipinski definition) is 2. The SMILES string of the molecule is COc1ccc(Nc2cnc(C(=O)Nc3ccc(Cl)cc3)cn2)cc1. The molecule has 1 amide bonds. The number of rotatable bonds is 5. The van der Waals surface area contributed by atoms with Gasteiger partial charge in [0, 0.05) is 16.4 Å². The molecule has 3 aromatic rings. The van der Waals surface area contributed by atoms with Gasteiger partial charge in [0.2, 0.25) is 0 Å². The Morgan fingerprint density at radius 2 is 1.64 bits per heavy atom. The number of nitrogens with zero attached hydrogens (tertiary/aromatic N) is 2. The number of carbonyl (C=O) groups is 1. The van der Waals surface area contributed by atoms with Gasteiger partial charge in [0.15, 0.2) is 0 Å². The molecule has 1 heterocycles. The normalized spacial score (nSPS) is 10.2. The molecule has 3 rings (SSSR count). The van der Waals surface area contributed by atoms with Crippen LogP contribution in [0.2, 0.25) is 5.02 Å². The minimum atomic E-state index is -0.342. The summed E-state index contributed by atoms with van der Waals surface area (Å²) in [6.45, 7) is 0. The van der Waals surface area contributed by atoms with E-state index in [9.17, 15) is 4.79 Å². The molecule has 126 valence electrons.